The molecule has 1 aliphatic heterocycles. The summed E-state index contributed by atoms with van der Waals surface area (Å²) in [4.78, 5) is 0. The van der Waals surface area contributed by atoms with Crippen molar-refractivity contribution in [3.63, 3.8) is 0 Å². The van der Waals surface area contributed by atoms with Gasteiger partial charge in [0.2, 0.25) is 0 Å². The Hall–Kier alpha value is -1.02. The second-order valence-corrected chi connectivity index (χ2v) is 4.87. The monoisotopic (exact) mass is 246 g/mol. The molecule has 2 rings (SSSR count). The van der Waals surface area contributed by atoms with Crippen LogP contribution in [0, 0.1) is 6.42 Å². The Morgan fingerprint density at radius 2 is 2.22 bits per heavy atom. The zero-order valence-electron chi connectivity index (χ0n) is 11.3. The number of para-hydroxylation sites is 1. The van der Waals surface area contributed by atoms with Crippen LogP contribution in [0.1, 0.15) is 38.2 Å². The van der Waals surface area contributed by atoms with E-state index in [1.165, 1.54) is 37.8 Å². The van der Waals surface area contributed by atoms with Crippen molar-refractivity contribution in [3.05, 3.63) is 36.2 Å². The predicted octanol–water partition coefficient (Wildman–Crippen LogP) is 3.36. The molecule has 0 bridgehead atoms. The van der Waals surface area contributed by atoms with Crippen LogP contribution in [0.2, 0.25) is 0 Å². The minimum atomic E-state index is 0.623. The number of piperidine rings is 1. The van der Waals surface area contributed by atoms with Crippen molar-refractivity contribution in [2.24, 2.45) is 0 Å². The molecule has 0 spiro atoms. The third-order valence-electron chi connectivity index (χ3n) is 3.47. The first-order valence-corrected chi connectivity index (χ1v) is 7.17. The van der Waals surface area contributed by atoms with Gasteiger partial charge in [0, 0.05) is 6.04 Å². The summed E-state index contributed by atoms with van der Waals surface area (Å²) >= 11 is 0. The first kappa shape index (κ1) is 13.4. The minimum absolute atomic E-state index is 0.623. The molecule has 1 aliphatic rings. The fourth-order valence-corrected chi connectivity index (χ4v) is 2.53. The number of ether oxygens (including phenoxy) is 1. The predicted molar refractivity (Wildman–Crippen MR) is 75.9 cm³/mol. The van der Waals surface area contributed by atoms with Crippen LogP contribution in [-0.2, 0) is 6.42 Å². The topological polar surface area (TPSA) is 21.3 Å². The summed E-state index contributed by atoms with van der Waals surface area (Å²) in [6.07, 6.45) is 8.57. The van der Waals surface area contributed by atoms with Crippen LogP contribution in [0.25, 0.3) is 0 Å². The van der Waals surface area contributed by atoms with Gasteiger partial charge in [0.1, 0.15) is 5.75 Å². The summed E-state index contributed by atoms with van der Waals surface area (Å²) in [7, 11) is 0. The van der Waals surface area contributed by atoms with E-state index in [0.29, 0.717) is 6.04 Å². The Morgan fingerprint density at radius 1 is 1.33 bits per heavy atom. The lowest BCUT2D eigenvalue weighted by atomic mass is 9.98. The van der Waals surface area contributed by atoms with Crippen molar-refractivity contribution in [1.82, 2.24) is 5.32 Å². The number of aryl methyl sites for hydroxylation is 1. The zero-order chi connectivity index (χ0) is 12.6. The summed E-state index contributed by atoms with van der Waals surface area (Å²) < 4.78 is 5.66. The minimum Gasteiger partial charge on any atom is -0.494 e. The van der Waals surface area contributed by atoms with Crippen molar-refractivity contribution < 1.29 is 4.74 Å². The van der Waals surface area contributed by atoms with Crippen molar-refractivity contribution in [2.45, 2.75) is 45.1 Å². The summed E-state index contributed by atoms with van der Waals surface area (Å²) in [5.74, 6) is 1.06. The Kier molecular flexibility index (Phi) is 5.53. The van der Waals surface area contributed by atoms with Gasteiger partial charge in [0.15, 0.2) is 0 Å². The lowest BCUT2D eigenvalue weighted by Crippen LogP contribution is -2.34. The Morgan fingerprint density at radius 3 is 3.00 bits per heavy atom. The zero-order valence-corrected chi connectivity index (χ0v) is 11.3. The molecule has 0 saturated carbocycles. The highest BCUT2D eigenvalue weighted by Gasteiger charge is 2.12. The van der Waals surface area contributed by atoms with Crippen molar-refractivity contribution in [3.8, 4) is 5.75 Å². The molecular formula is C16H24NO. The lowest BCUT2D eigenvalue weighted by molar-refractivity contribution is 0.335. The highest BCUT2D eigenvalue weighted by atomic mass is 16.5. The number of rotatable bonds is 6. The van der Waals surface area contributed by atoms with E-state index < -0.39 is 0 Å². The van der Waals surface area contributed by atoms with E-state index in [2.05, 4.69) is 29.9 Å². The van der Waals surface area contributed by atoms with Crippen LogP contribution in [0.3, 0.4) is 0 Å². The van der Waals surface area contributed by atoms with Crippen LogP contribution in [0.5, 0.6) is 5.75 Å². The van der Waals surface area contributed by atoms with E-state index in [4.69, 9.17) is 4.74 Å². The molecule has 1 aromatic rings. The van der Waals surface area contributed by atoms with Crippen molar-refractivity contribution >= 4 is 0 Å². The molecule has 1 radical (unpaired) electrons. The fraction of sp³-hybridized carbons (Fsp3) is 0.562. The first-order chi connectivity index (χ1) is 8.90. The summed E-state index contributed by atoms with van der Waals surface area (Å²) in [6.45, 7) is 3.96. The smallest absolute Gasteiger partial charge is 0.122 e. The molecule has 0 amide bonds. The van der Waals surface area contributed by atoms with Gasteiger partial charge in [-0.2, -0.15) is 0 Å². The maximum Gasteiger partial charge on any atom is 0.122 e. The van der Waals surface area contributed by atoms with Gasteiger partial charge in [-0.25, -0.2) is 0 Å². The van der Waals surface area contributed by atoms with E-state index >= 15 is 0 Å². The lowest BCUT2D eigenvalue weighted by Gasteiger charge is -2.23. The Bertz CT molecular complexity index is 345. The van der Waals surface area contributed by atoms with E-state index in [-0.39, 0.29) is 0 Å². The van der Waals surface area contributed by atoms with Gasteiger partial charge in [-0.15, -0.1) is 0 Å². The van der Waals surface area contributed by atoms with Crippen LogP contribution in [-0.4, -0.2) is 19.2 Å². The second kappa shape index (κ2) is 7.42. The SMILES string of the molecule is CCOc1ccccc1CCCC1[CH]CCCN1. The quantitative estimate of drug-likeness (QED) is 0.831. The van der Waals surface area contributed by atoms with Gasteiger partial charge in [0.25, 0.3) is 0 Å². The molecule has 1 fully saturated rings. The first-order valence-electron chi connectivity index (χ1n) is 7.17. The second-order valence-electron chi connectivity index (χ2n) is 4.87. The fourth-order valence-electron chi connectivity index (χ4n) is 2.53. The molecule has 2 nitrogen and oxygen atoms in total. The normalized spacial score (nSPS) is 19.7. The average molecular weight is 246 g/mol. The van der Waals surface area contributed by atoms with E-state index in [1.54, 1.807) is 0 Å². The third-order valence-corrected chi connectivity index (χ3v) is 3.47. The molecule has 99 valence electrons. The Balaban J connectivity index is 1.78. The molecular weight excluding hydrogens is 222 g/mol. The number of hydrogen-bond donors (Lipinski definition) is 1. The highest BCUT2D eigenvalue weighted by Crippen LogP contribution is 2.21. The standard InChI is InChI=1S/C16H24NO/c1-2-18-16-12-4-3-8-14(16)9-7-11-15-10-5-6-13-17-15/h3-4,8,10,12,15,17H,2,5-7,9,11,13H2,1H3. The summed E-state index contributed by atoms with van der Waals surface area (Å²) in [5.41, 5.74) is 1.34. The molecule has 2 heteroatoms. The summed E-state index contributed by atoms with van der Waals surface area (Å²) in [5, 5.41) is 3.56. The average Bonchev–Trinajstić information content (AvgIpc) is 2.42. The van der Waals surface area contributed by atoms with Crippen LogP contribution < -0.4 is 10.1 Å². The van der Waals surface area contributed by atoms with Gasteiger partial charge in [-0.3, -0.25) is 0 Å². The van der Waals surface area contributed by atoms with Gasteiger partial charge in [0.05, 0.1) is 6.61 Å². The van der Waals surface area contributed by atoms with Gasteiger partial charge in [-0.1, -0.05) is 18.2 Å². The molecule has 1 unspecified atom stereocenters. The highest BCUT2D eigenvalue weighted by molar-refractivity contribution is 5.33. The Labute approximate surface area is 111 Å². The molecule has 1 N–H and O–H groups in total. The molecule has 18 heavy (non-hydrogen) atoms. The molecule has 1 aromatic carbocycles. The largest absolute Gasteiger partial charge is 0.494 e. The molecule has 0 aliphatic carbocycles. The van der Waals surface area contributed by atoms with Crippen LogP contribution in [0.4, 0.5) is 0 Å². The van der Waals surface area contributed by atoms with E-state index in [1.807, 2.05) is 13.0 Å². The van der Waals surface area contributed by atoms with E-state index in [9.17, 15) is 0 Å². The molecule has 0 aromatic heterocycles. The van der Waals surface area contributed by atoms with Crippen molar-refractivity contribution in [2.75, 3.05) is 13.2 Å². The molecule has 1 atom stereocenters. The van der Waals surface area contributed by atoms with Crippen LogP contribution >= 0.6 is 0 Å². The molecule has 1 saturated heterocycles. The number of benzene rings is 1. The van der Waals surface area contributed by atoms with Crippen LogP contribution in [0.15, 0.2) is 24.3 Å². The summed E-state index contributed by atoms with van der Waals surface area (Å²) in [6, 6.07) is 9.03. The van der Waals surface area contributed by atoms with Gasteiger partial charge in [-0.05, 0) is 63.6 Å². The van der Waals surface area contributed by atoms with E-state index in [0.717, 1.165) is 18.8 Å². The number of nitrogens with one attached hydrogen (secondary N) is 1. The van der Waals surface area contributed by atoms with Gasteiger partial charge >= 0.3 is 0 Å². The maximum absolute atomic E-state index is 5.66. The number of hydrogen-bond acceptors (Lipinski definition) is 2. The van der Waals surface area contributed by atoms with Crippen molar-refractivity contribution in [1.29, 1.82) is 0 Å². The maximum atomic E-state index is 5.66. The third kappa shape index (κ3) is 4.02. The molecule has 1 heterocycles. The van der Waals surface area contributed by atoms with Gasteiger partial charge < -0.3 is 10.1 Å².